The van der Waals surface area contributed by atoms with Crippen LogP contribution in [0.2, 0.25) is 0 Å². The predicted octanol–water partition coefficient (Wildman–Crippen LogP) is 6.47. The fraction of sp³-hybridized carbons (Fsp3) is 0.333. The van der Waals surface area contributed by atoms with Crippen molar-refractivity contribution in [3.05, 3.63) is 70.4 Å². The molecule has 0 atom stereocenters. The van der Waals surface area contributed by atoms with Gasteiger partial charge < -0.3 is 14.6 Å². The molecule has 0 spiro atoms. The standard InChI is InChI=1S/C27H31N5O2S2/c1-6-32-24(14-34-22-11-9-20(10-12-22)17(2)3)30-31-27(32)36-16-25(33)29-26-28-23(15-35-26)21-8-7-18(4)19(5)13-21/h7-13,15,17H,6,14,16H2,1-5H3,(H,28,29,33). The highest BCUT2D eigenvalue weighted by Gasteiger charge is 2.15. The largest absolute Gasteiger partial charge is 0.486 e. The van der Waals surface area contributed by atoms with Crippen LogP contribution in [-0.2, 0) is 17.9 Å². The molecule has 9 heteroatoms. The zero-order valence-electron chi connectivity index (χ0n) is 21.2. The Labute approximate surface area is 220 Å². The van der Waals surface area contributed by atoms with Crippen LogP contribution in [0.4, 0.5) is 5.13 Å². The van der Waals surface area contributed by atoms with Gasteiger partial charge >= 0.3 is 0 Å². The predicted molar refractivity (Wildman–Crippen MR) is 147 cm³/mol. The molecule has 0 aliphatic heterocycles. The molecule has 0 bridgehead atoms. The lowest BCUT2D eigenvalue weighted by Gasteiger charge is -2.10. The van der Waals surface area contributed by atoms with Crippen LogP contribution >= 0.6 is 23.1 Å². The average Bonchev–Trinajstić information content (AvgIpc) is 3.50. The van der Waals surface area contributed by atoms with E-state index in [4.69, 9.17) is 4.74 Å². The summed E-state index contributed by atoms with van der Waals surface area (Å²) in [6, 6.07) is 14.4. The number of rotatable bonds is 10. The van der Waals surface area contributed by atoms with Gasteiger partial charge in [0.1, 0.15) is 12.4 Å². The molecule has 0 unspecified atom stereocenters. The molecule has 4 rings (SSSR count). The lowest BCUT2D eigenvalue weighted by Crippen LogP contribution is -2.14. The Balaban J connectivity index is 1.31. The molecule has 2 aromatic heterocycles. The molecule has 0 radical (unpaired) electrons. The van der Waals surface area contributed by atoms with Gasteiger partial charge in [-0.1, -0.05) is 49.9 Å². The minimum absolute atomic E-state index is 0.130. The zero-order valence-corrected chi connectivity index (χ0v) is 22.9. The van der Waals surface area contributed by atoms with Crippen molar-refractivity contribution < 1.29 is 9.53 Å². The fourth-order valence-corrected chi connectivity index (χ4v) is 5.15. The number of thiazole rings is 1. The van der Waals surface area contributed by atoms with Crippen molar-refractivity contribution in [3.8, 4) is 17.0 Å². The Bertz CT molecular complexity index is 1330. The number of hydrogen-bond acceptors (Lipinski definition) is 7. The van der Waals surface area contributed by atoms with Gasteiger partial charge in [-0.15, -0.1) is 21.5 Å². The maximum atomic E-state index is 12.6. The molecule has 1 amide bonds. The number of benzene rings is 2. The van der Waals surface area contributed by atoms with Crippen molar-refractivity contribution in [1.82, 2.24) is 19.7 Å². The number of anilines is 1. The van der Waals surface area contributed by atoms with E-state index >= 15 is 0 Å². The first-order valence-corrected chi connectivity index (χ1v) is 13.8. The van der Waals surface area contributed by atoms with Crippen LogP contribution in [0.3, 0.4) is 0 Å². The zero-order chi connectivity index (χ0) is 25.7. The molecule has 1 N–H and O–H groups in total. The molecule has 188 valence electrons. The molecule has 0 aliphatic carbocycles. The Hall–Kier alpha value is -3.17. The second-order valence-electron chi connectivity index (χ2n) is 8.83. The van der Waals surface area contributed by atoms with Gasteiger partial charge in [0.2, 0.25) is 5.91 Å². The first-order chi connectivity index (χ1) is 17.3. The third-order valence-corrected chi connectivity index (χ3v) is 7.63. The van der Waals surface area contributed by atoms with E-state index in [9.17, 15) is 4.79 Å². The number of amides is 1. The highest BCUT2D eigenvalue weighted by atomic mass is 32.2. The molecular formula is C27H31N5O2S2. The summed E-state index contributed by atoms with van der Waals surface area (Å²) in [5.41, 5.74) is 5.65. The number of nitrogens with zero attached hydrogens (tertiary/aromatic N) is 4. The number of hydrogen-bond donors (Lipinski definition) is 1. The smallest absolute Gasteiger partial charge is 0.236 e. The summed E-state index contributed by atoms with van der Waals surface area (Å²) in [5.74, 6) is 2.09. The molecule has 36 heavy (non-hydrogen) atoms. The Kier molecular flexibility index (Phi) is 8.43. The fourth-order valence-electron chi connectivity index (χ4n) is 3.60. The Morgan fingerprint density at radius 3 is 2.58 bits per heavy atom. The maximum absolute atomic E-state index is 12.6. The topological polar surface area (TPSA) is 81.9 Å². The van der Waals surface area contributed by atoms with Crippen molar-refractivity contribution in [1.29, 1.82) is 0 Å². The van der Waals surface area contributed by atoms with E-state index in [1.807, 2.05) is 29.0 Å². The lowest BCUT2D eigenvalue weighted by atomic mass is 10.0. The van der Waals surface area contributed by atoms with Gasteiger partial charge in [0, 0.05) is 17.5 Å². The van der Waals surface area contributed by atoms with Crippen LogP contribution in [0.5, 0.6) is 5.75 Å². The molecule has 7 nitrogen and oxygen atoms in total. The number of nitrogens with one attached hydrogen (secondary N) is 1. The van der Waals surface area contributed by atoms with E-state index in [1.54, 1.807) is 0 Å². The van der Waals surface area contributed by atoms with Gasteiger partial charge in [-0.25, -0.2) is 4.98 Å². The van der Waals surface area contributed by atoms with Crippen molar-refractivity contribution in [2.75, 3.05) is 11.1 Å². The average molecular weight is 522 g/mol. The summed E-state index contributed by atoms with van der Waals surface area (Å²) in [6.45, 7) is 11.5. The van der Waals surface area contributed by atoms with E-state index in [-0.39, 0.29) is 11.7 Å². The van der Waals surface area contributed by atoms with Gasteiger partial charge in [0.25, 0.3) is 0 Å². The van der Waals surface area contributed by atoms with E-state index in [2.05, 4.69) is 78.5 Å². The van der Waals surface area contributed by atoms with E-state index in [1.165, 1.54) is 39.8 Å². The SMILES string of the molecule is CCn1c(COc2ccc(C(C)C)cc2)nnc1SCC(=O)Nc1nc(-c2ccc(C)c(C)c2)cs1. The molecule has 2 aromatic carbocycles. The molecule has 0 fully saturated rings. The van der Waals surface area contributed by atoms with Crippen molar-refractivity contribution in [2.45, 2.75) is 58.8 Å². The van der Waals surface area contributed by atoms with E-state index < -0.39 is 0 Å². The van der Waals surface area contributed by atoms with Crippen molar-refractivity contribution in [3.63, 3.8) is 0 Å². The minimum Gasteiger partial charge on any atom is -0.486 e. The molecule has 0 saturated heterocycles. The van der Waals surface area contributed by atoms with Crippen LogP contribution < -0.4 is 10.1 Å². The van der Waals surface area contributed by atoms with Crippen LogP contribution in [-0.4, -0.2) is 31.4 Å². The number of aromatic nitrogens is 4. The highest BCUT2D eigenvalue weighted by Crippen LogP contribution is 2.27. The quantitative estimate of drug-likeness (QED) is 0.241. The second-order valence-corrected chi connectivity index (χ2v) is 10.6. The van der Waals surface area contributed by atoms with Crippen molar-refractivity contribution in [2.24, 2.45) is 0 Å². The summed E-state index contributed by atoms with van der Waals surface area (Å²) >= 11 is 2.77. The summed E-state index contributed by atoms with van der Waals surface area (Å²) in [4.78, 5) is 17.2. The van der Waals surface area contributed by atoms with Gasteiger partial charge in [-0.3, -0.25) is 4.79 Å². The lowest BCUT2D eigenvalue weighted by molar-refractivity contribution is -0.113. The molecule has 0 saturated carbocycles. The maximum Gasteiger partial charge on any atom is 0.236 e. The van der Waals surface area contributed by atoms with Gasteiger partial charge in [-0.05, 0) is 61.6 Å². The summed E-state index contributed by atoms with van der Waals surface area (Å²) in [7, 11) is 0. The Morgan fingerprint density at radius 2 is 1.89 bits per heavy atom. The normalized spacial score (nSPS) is 11.2. The molecule has 0 aliphatic rings. The van der Waals surface area contributed by atoms with E-state index in [0.29, 0.717) is 29.4 Å². The van der Waals surface area contributed by atoms with Crippen molar-refractivity contribution >= 4 is 34.1 Å². The number of carbonyl (C=O) groups excluding carboxylic acids is 1. The second kappa shape index (κ2) is 11.7. The molecular weight excluding hydrogens is 490 g/mol. The number of thioether (sulfide) groups is 1. The minimum atomic E-state index is -0.130. The Morgan fingerprint density at radius 1 is 1.11 bits per heavy atom. The number of carbonyl (C=O) groups is 1. The first-order valence-electron chi connectivity index (χ1n) is 11.9. The first kappa shape index (κ1) is 25.9. The van der Waals surface area contributed by atoms with Crippen LogP contribution in [0.1, 0.15) is 49.2 Å². The number of ether oxygens (including phenoxy) is 1. The summed E-state index contributed by atoms with van der Waals surface area (Å²) < 4.78 is 7.89. The summed E-state index contributed by atoms with van der Waals surface area (Å²) in [5, 5.41) is 14.7. The van der Waals surface area contributed by atoms with Crippen LogP contribution in [0.25, 0.3) is 11.3 Å². The third-order valence-electron chi connectivity index (χ3n) is 5.91. The van der Waals surface area contributed by atoms with Crippen LogP contribution in [0.15, 0.2) is 53.0 Å². The summed E-state index contributed by atoms with van der Waals surface area (Å²) in [6.07, 6.45) is 0. The molecule has 2 heterocycles. The van der Waals surface area contributed by atoms with Crippen LogP contribution in [0, 0.1) is 13.8 Å². The monoisotopic (exact) mass is 521 g/mol. The van der Waals surface area contributed by atoms with Gasteiger partial charge in [0.05, 0.1) is 11.4 Å². The highest BCUT2D eigenvalue weighted by molar-refractivity contribution is 7.99. The van der Waals surface area contributed by atoms with Gasteiger partial charge in [-0.2, -0.15) is 0 Å². The van der Waals surface area contributed by atoms with E-state index in [0.717, 1.165) is 22.8 Å². The number of aryl methyl sites for hydroxylation is 2. The van der Waals surface area contributed by atoms with Gasteiger partial charge in [0.15, 0.2) is 16.1 Å². The molecule has 4 aromatic rings. The third kappa shape index (κ3) is 6.33.